The molecule has 0 aliphatic heterocycles. The summed E-state index contributed by atoms with van der Waals surface area (Å²) >= 11 is 0. The monoisotopic (exact) mass is 157 g/mol. The molecule has 0 saturated heterocycles. The first-order valence-electron chi connectivity index (χ1n) is 1.69. The van der Waals surface area contributed by atoms with Gasteiger partial charge >= 0.3 is 0 Å². The minimum Gasteiger partial charge on any atom is -0.481 e. The van der Waals surface area contributed by atoms with Gasteiger partial charge < -0.3 is 10.3 Å². The summed E-state index contributed by atoms with van der Waals surface area (Å²) in [4.78, 5) is 17.4. The van der Waals surface area contributed by atoms with Gasteiger partial charge in [-0.15, -0.1) is 10.1 Å². The van der Waals surface area contributed by atoms with Crippen molar-refractivity contribution in [2.75, 3.05) is 0 Å². The fraction of sp³-hybridized carbons (Fsp3) is 0.500. The van der Waals surface area contributed by atoms with Crippen molar-refractivity contribution in [3.05, 3.63) is 10.1 Å². The Labute approximate surface area is 55.0 Å². The Morgan fingerprint density at radius 1 is 1.50 bits per heavy atom. The average Bonchev–Trinajstić information content (AvgIpc) is 1.66. The molecule has 0 aliphatic carbocycles. The lowest BCUT2D eigenvalue weighted by Crippen LogP contribution is -1.81. The minimum absolute atomic E-state index is 0.833. The number of hydrogen-bond donors (Lipinski definition) is 4. The molecule has 0 atom stereocenters. The second-order valence-electron chi connectivity index (χ2n) is 0.757. The standard InChI is InChI=1S/C2H4O2.HNO3.H2O2/c1-2(3)4;2-1(3)4;1-2/h1H3,(H,3,4);(H,2,3,4);1-2H. The van der Waals surface area contributed by atoms with Crippen molar-refractivity contribution in [2.24, 2.45) is 0 Å². The van der Waals surface area contributed by atoms with Crippen LogP contribution in [0, 0.1) is 10.1 Å². The molecule has 0 rings (SSSR count). The van der Waals surface area contributed by atoms with Crippen LogP contribution in [0.4, 0.5) is 0 Å². The van der Waals surface area contributed by atoms with E-state index in [0.717, 1.165) is 6.92 Å². The number of hydrogen-bond acceptors (Lipinski definition) is 5. The molecular weight excluding hydrogens is 150 g/mol. The molecule has 0 spiro atoms. The zero-order valence-corrected chi connectivity index (χ0v) is 4.96. The molecule has 0 aromatic rings. The molecule has 4 N–H and O–H groups in total. The minimum atomic E-state index is -1.50. The number of carbonyl (C=O) groups is 1. The fourth-order valence-corrected chi connectivity index (χ4v) is 0. The number of aliphatic carboxylic acids is 1. The summed E-state index contributed by atoms with van der Waals surface area (Å²) in [6.07, 6.45) is 0. The smallest absolute Gasteiger partial charge is 0.300 e. The molecule has 0 fully saturated rings. The number of rotatable bonds is 0. The summed E-state index contributed by atoms with van der Waals surface area (Å²) in [7, 11) is 0. The van der Waals surface area contributed by atoms with Gasteiger partial charge in [-0.25, -0.2) is 0 Å². The van der Waals surface area contributed by atoms with Crippen LogP contribution in [0.25, 0.3) is 0 Å². The molecule has 0 saturated carbocycles. The van der Waals surface area contributed by atoms with Crippen LogP contribution in [0.5, 0.6) is 0 Å². The van der Waals surface area contributed by atoms with Crippen LogP contribution in [0.2, 0.25) is 0 Å². The van der Waals surface area contributed by atoms with Crippen molar-refractivity contribution in [3.8, 4) is 0 Å². The molecule has 0 amide bonds. The maximum atomic E-state index is 9.00. The van der Waals surface area contributed by atoms with Crippen molar-refractivity contribution >= 4 is 5.97 Å². The van der Waals surface area contributed by atoms with Crippen LogP contribution >= 0.6 is 0 Å². The molecule has 0 aliphatic rings. The van der Waals surface area contributed by atoms with E-state index in [0.29, 0.717) is 0 Å². The Morgan fingerprint density at radius 3 is 1.50 bits per heavy atom. The van der Waals surface area contributed by atoms with E-state index in [-0.39, 0.29) is 0 Å². The molecule has 0 radical (unpaired) electrons. The highest BCUT2D eigenvalue weighted by molar-refractivity contribution is 5.62. The zero-order chi connectivity index (χ0) is 9.15. The van der Waals surface area contributed by atoms with Crippen LogP contribution in [0.15, 0.2) is 0 Å². The first kappa shape index (κ1) is 15.8. The van der Waals surface area contributed by atoms with Gasteiger partial charge in [0.15, 0.2) is 0 Å². The molecule has 10 heavy (non-hydrogen) atoms. The van der Waals surface area contributed by atoms with Crippen molar-refractivity contribution < 1.29 is 30.7 Å². The molecule has 62 valence electrons. The van der Waals surface area contributed by atoms with Gasteiger partial charge in [0.2, 0.25) is 0 Å². The number of carboxylic acid groups (broad SMARTS) is 1. The summed E-state index contributed by atoms with van der Waals surface area (Å²) in [5, 5.41) is 33.1. The highest BCUT2D eigenvalue weighted by Crippen LogP contribution is 1.42. The van der Waals surface area contributed by atoms with Crippen LogP contribution in [-0.4, -0.2) is 31.9 Å². The second kappa shape index (κ2) is 15.6. The molecule has 0 aromatic carbocycles. The van der Waals surface area contributed by atoms with Crippen molar-refractivity contribution in [2.45, 2.75) is 6.92 Å². The van der Waals surface area contributed by atoms with Gasteiger partial charge in [0.1, 0.15) is 0 Å². The molecule has 8 nitrogen and oxygen atoms in total. The lowest BCUT2D eigenvalue weighted by atomic mass is 10.9. The van der Waals surface area contributed by atoms with E-state index >= 15 is 0 Å². The summed E-state index contributed by atoms with van der Waals surface area (Å²) in [6, 6.07) is 0. The van der Waals surface area contributed by atoms with Crippen LogP contribution in [0.3, 0.4) is 0 Å². The second-order valence-corrected chi connectivity index (χ2v) is 0.757. The Bertz CT molecular complexity index is 69.6. The molecule has 0 unspecified atom stereocenters. The Hall–Kier alpha value is -1.41. The van der Waals surface area contributed by atoms with Gasteiger partial charge in [-0.2, -0.15) is 0 Å². The molecular formula is C2H7NO7. The van der Waals surface area contributed by atoms with Gasteiger partial charge in [-0.3, -0.25) is 15.3 Å². The third kappa shape index (κ3) is 104. The van der Waals surface area contributed by atoms with E-state index in [2.05, 4.69) is 0 Å². The predicted molar refractivity (Wildman–Crippen MR) is 27.3 cm³/mol. The Morgan fingerprint density at radius 2 is 1.50 bits per heavy atom. The topological polar surface area (TPSA) is 141 Å². The van der Waals surface area contributed by atoms with Gasteiger partial charge in [0.05, 0.1) is 0 Å². The Balaban J connectivity index is -0.0000000787. The van der Waals surface area contributed by atoms with Gasteiger partial charge in [-0.05, 0) is 0 Å². The summed E-state index contributed by atoms with van der Waals surface area (Å²) in [6.45, 7) is 1.08. The van der Waals surface area contributed by atoms with Crippen LogP contribution < -0.4 is 0 Å². The van der Waals surface area contributed by atoms with Gasteiger partial charge in [0.25, 0.3) is 11.1 Å². The van der Waals surface area contributed by atoms with E-state index in [1.165, 1.54) is 0 Å². The number of carboxylic acids is 1. The van der Waals surface area contributed by atoms with Crippen LogP contribution in [0.1, 0.15) is 6.92 Å². The molecule has 0 bridgehead atoms. The van der Waals surface area contributed by atoms with Crippen molar-refractivity contribution in [3.63, 3.8) is 0 Å². The van der Waals surface area contributed by atoms with E-state index in [1.54, 1.807) is 0 Å². The third-order valence-corrected chi connectivity index (χ3v) is 0. The van der Waals surface area contributed by atoms with Gasteiger partial charge in [0, 0.05) is 6.92 Å². The SMILES string of the molecule is CC(=O)O.O=[N+]([O-])O.OO. The lowest BCUT2D eigenvalue weighted by Gasteiger charge is -1.59. The van der Waals surface area contributed by atoms with E-state index in [1.807, 2.05) is 0 Å². The normalized spacial score (nSPS) is 5.50. The maximum Gasteiger partial charge on any atom is 0.300 e. The highest BCUT2D eigenvalue weighted by Gasteiger charge is 1.65. The molecule has 0 heterocycles. The average molecular weight is 157 g/mol. The molecule has 0 aromatic heterocycles. The van der Waals surface area contributed by atoms with E-state index in [4.69, 9.17) is 35.7 Å². The largest absolute Gasteiger partial charge is 0.481 e. The van der Waals surface area contributed by atoms with Gasteiger partial charge in [-0.1, -0.05) is 0 Å². The fourth-order valence-electron chi connectivity index (χ4n) is 0. The first-order valence-corrected chi connectivity index (χ1v) is 1.69. The lowest BCUT2D eigenvalue weighted by molar-refractivity contribution is -0.742. The van der Waals surface area contributed by atoms with Crippen molar-refractivity contribution in [1.29, 1.82) is 0 Å². The number of nitrogens with zero attached hydrogens (tertiary/aromatic N) is 1. The van der Waals surface area contributed by atoms with Crippen molar-refractivity contribution in [1.82, 2.24) is 0 Å². The maximum absolute atomic E-state index is 9.00. The van der Waals surface area contributed by atoms with Crippen LogP contribution in [-0.2, 0) is 4.79 Å². The Kier molecular flexibility index (Phi) is 24.8. The first-order chi connectivity index (χ1) is 4.46. The zero-order valence-electron chi connectivity index (χ0n) is 4.96. The summed E-state index contributed by atoms with van der Waals surface area (Å²) in [5.41, 5.74) is 0. The summed E-state index contributed by atoms with van der Waals surface area (Å²) < 4.78 is 0. The predicted octanol–water partition coefficient (Wildman–Crippen LogP) is -0.239. The summed E-state index contributed by atoms with van der Waals surface area (Å²) in [5.74, 6) is -0.833. The van der Waals surface area contributed by atoms with E-state index < -0.39 is 11.1 Å². The highest BCUT2D eigenvalue weighted by atomic mass is 17.0. The quantitative estimate of drug-likeness (QED) is 0.216. The third-order valence-electron chi connectivity index (χ3n) is 0. The molecule has 8 heteroatoms. The van der Waals surface area contributed by atoms with E-state index in [9.17, 15) is 0 Å².